The van der Waals surface area contributed by atoms with Gasteiger partial charge in [-0.25, -0.2) is 12.8 Å². The van der Waals surface area contributed by atoms with E-state index in [2.05, 4.69) is 5.32 Å². The molecule has 0 aliphatic rings. The topological polar surface area (TPSA) is 66.5 Å². The summed E-state index contributed by atoms with van der Waals surface area (Å²) < 4.78 is 38.8. The van der Waals surface area contributed by atoms with Gasteiger partial charge in [-0.05, 0) is 50.1 Å². The fourth-order valence-electron chi connectivity index (χ4n) is 2.66. The molecule has 5 nitrogen and oxygen atoms in total. The summed E-state index contributed by atoms with van der Waals surface area (Å²) in [6.45, 7) is 5.18. The third-order valence-corrected chi connectivity index (χ3v) is 5.12. The highest BCUT2D eigenvalue weighted by Gasteiger charge is 2.29. The van der Waals surface area contributed by atoms with Gasteiger partial charge in [-0.3, -0.25) is 9.10 Å². The summed E-state index contributed by atoms with van der Waals surface area (Å²) in [5.41, 5.74) is 2.49. The average molecular weight is 364 g/mol. The molecule has 134 valence electrons. The van der Waals surface area contributed by atoms with Crippen molar-refractivity contribution in [2.24, 2.45) is 0 Å². The molecule has 2 aromatic rings. The summed E-state index contributed by atoms with van der Waals surface area (Å²) in [6.07, 6.45) is 0.987. The van der Waals surface area contributed by atoms with E-state index >= 15 is 0 Å². The highest BCUT2D eigenvalue weighted by molar-refractivity contribution is 7.92. The van der Waals surface area contributed by atoms with Gasteiger partial charge in [0, 0.05) is 5.69 Å². The van der Waals surface area contributed by atoms with Crippen LogP contribution in [0.5, 0.6) is 0 Å². The largest absolute Gasteiger partial charge is 0.324 e. The quantitative estimate of drug-likeness (QED) is 0.886. The van der Waals surface area contributed by atoms with Crippen molar-refractivity contribution in [2.75, 3.05) is 15.9 Å². The predicted molar refractivity (Wildman–Crippen MR) is 97.7 cm³/mol. The number of halogens is 1. The first-order chi connectivity index (χ1) is 11.6. The lowest BCUT2D eigenvalue weighted by atomic mass is 10.1. The lowest BCUT2D eigenvalue weighted by molar-refractivity contribution is -0.116. The van der Waals surface area contributed by atoms with Gasteiger partial charge >= 0.3 is 0 Å². The van der Waals surface area contributed by atoms with Crippen LogP contribution < -0.4 is 9.62 Å². The number of carbonyl (C=O) groups is 1. The number of amides is 1. The molecular weight excluding hydrogens is 343 g/mol. The zero-order valence-electron chi connectivity index (χ0n) is 14.6. The first kappa shape index (κ1) is 18.9. The average Bonchev–Trinajstić information content (AvgIpc) is 2.49. The van der Waals surface area contributed by atoms with Gasteiger partial charge in [0.2, 0.25) is 15.9 Å². The maximum Gasteiger partial charge on any atom is 0.248 e. The van der Waals surface area contributed by atoms with Crippen molar-refractivity contribution in [3.63, 3.8) is 0 Å². The number of nitrogens with zero attached hydrogens (tertiary/aromatic N) is 1. The van der Waals surface area contributed by atoms with E-state index in [1.165, 1.54) is 25.1 Å². The van der Waals surface area contributed by atoms with Crippen LogP contribution in [0.1, 0.15) is 18.1 Å². The molecule has 0 radical (unpaired) electrons. The van der Waals surface area contributed by atoms with E-state index in [1.54, 1.807) is 0 Å². The zero-order valence-corrected chi connectivity index (χ0v) is 15.4. The van der Waals surface area contributed by atoms with Gasteiger partial charge in [-0.2, -0.15) is 0 Å². The Morgan fingerprint density at radius 1 is 1.12 bits per heavy atom. The molecule has 0 saturated heterocycles. The summed E-state index contributed by atoms with van der Waals surface area (Å²) in [7, 11) is -3.79. The third-order valence-electron chi connectivity index (χ3n) is 3.88. The molecule has 0 aliphatic carbocycles. The number of hydrogen-bond acceptors (Lipinski definition) is 3. The Balaban J connectivity index is 2.37. The van der Waals surface area contributed by atoms with Gasteiger partial charge in [-0.15, -0.1) is 0 Å². The van der Waals surface area contributed by atoms with Gasteiger partial charge in [0.25, 0.3) is 0 Å². The lowest BCUT2D eigenvalue weighted by Crippen LogP contribution is -2.45. The fourth-order valence-corrected chi connectivity index (χ4v) is 3.83. The maximum absolute atomic E-state index is 13.5. The van der Waals surface area contributed by atoms with E-state index in [-0.39, 0.29) is 5.69 Å². The van der Waals surface area contributed by atoms with Crippen LogP contribution in [0, 0.1) is 19.7 Å². The molecule has 0 aliphatic heterocycles. The van der Waals surface area contributed by atoms with Crippen LogP contribution in [0.3, 0.4) is 0 Å². The predicted octanol–water partition coefficient (Wildman–Crippen LogP) is 3.24. The minimum absolute atomic E-state index is 0.103. The molecule has 0 heterocycles. The van der Waals surface area contributed by atoms with Crippen LogP contribution in [0.15, 0.2) is 42.5 Å². The molecule has 2 aromatic carbocycles. The number of rotatable bonds is 5. The highest BCUT2D eigenvalue weighted by Crippen LogP contribution is 2.24. The Morgan fingerprint density at radius 3 is 2.20 bits per heavy atom. The van der Waals surface area contributed by atoms with E-state index in [9.17, 15) is 17.6 Å². The van der Waals surface area contributed by atoms with Crippen molar-refractivity contribution in [2.45, 2.75) is 26.8 Å². The second-order valence-corrected chi connectivity index (χ2v) is 7.83. The lowest BCUT2D eigenvalue weighted by Gasteiger charge is -2.28. The Bertz CT molecular complexity index is 877. The van der Waals surface area contributed by atoms with E-state index in [0.717, 1.165) is 27.8 Å². The summed E-state index contributed by atoms with van der Waals surface area (Å²) in [5, 5.41) is 2.78. The van der Waals surface area contributed by atoms with Crippen LogP contribution in [-0.2, 0) is 14.8 Å². The van der Waals surface area contributed by atoms with E-state index in [0.29, 0.717) is 5.69 Å². The Kier molecular flexibility index (Phi) is 5.47. The molecule has 1 amide bonds. The molecule has 1 atom stereocenters. The van der Waals surface area contributed by atoms with Crippen LogP contribution in [0.2, 0.25) is 0 Å². The molecular formula is C18H21FN2O3S. The SMILES string of the molecule is Cc1cccc(C)c1NC(=O)[C@@H](C)N(c1cccc(F)c1)S(C)(=O)=O. The zero-order chi connectivity index (χ0) is 18.8. The minimum atomic E-state index is -3.79. The second kappa shape index (κ2) is 7.23. The van der Waals surface area contributed by atoms with Gasteiger partial charge in [0.05, 0.1) is 11.9 Å². The molecule has 25 heavy (non-hydrogen) atoms. The van der Waals surface area contributed by atoms with Crippen LogP contribution >= 0.6 is 0 Å². The maximum atomic E-state index is 13.5. The first-order valence-corrected chi connectivity index (χ1v) is 9.58. The number of benzene rings is 2. The smallest absolute Gasteiger partial charge is 0.248 e. The summed E-state index contributed by atoms with van der Waals surface area (Å²) in [5.74, 6) is -1.07. The second-order valence-electron chi connectivity index (χ2n) is 5.97. The third kappa shape index (κ3) is 4.36. The number of sulfonamides is 1. The monoisotopic (exact) mass is 364 g/mol. The number of carbonyl (C=O) groups excluding carboxylic acids is 1. The molecule has 0 spiro atoms. The molecule has 7 heteroatoms. The number of anilines is 2. The van der Waals surface area contributed by atoms with Gasteiger partial charge in [0.1, 0.15) is 11.9 Å². The highest BCUT2D eigenvalue weighted by atomic mass is 32.2. The van der Waals surface area contributed by atoms with Crippen LogP contribution in [-0.4, -0.2) is 26.6 Å². The van der Waals surface area contributed by atoms with Gasteiger partial charge < -0.3 is 5.32 Å². The summed E-state index contributed by atoms with van der Waals surface area (Å²) in [4.78, 5) is 12.7. The molecule has 0 saturated carbocycles. The van der Waals surface area contributed by atoms with Crippen molar-refractivity contribution >= 4 is 27.3 Å². The van der Waals surface area contributed by atoms with E-state index in [1.807, 2.05) is 32.0 Å². The van der Waals surface area contributed by atoms with Gasteiger partial charge in [0.15, 0.2) is 0 Å². The Labute approximate surface area is 147 Å². The van der Waals surface area contributed by atoms with Gasteiger partial charge in [-0.1, -0.05) is 24.3 Å². The molecule has 0 unspecified atom stereocenters. The van der Waals surface area contributed by atoms with Crippen molar-refractivity contribution in [3.8, 4) is 0 Å². The number of hydrogen-bond donors (Lipinski definition) is 1. The summed E-state index contributed by atoms with van der Waals surface area (Å²) in [6, 6.07) is 9.69. The van der Waals surface area contributed by atoms with Crippen molar-refractivity contribution in [1.29, 1.82) is 0 Å². The van der Waals surface area contributed by atoms with E-state index < -0.39 is 27.8 Å². The van der Waals surface area contributed by atoms with Crippen LogP contribution in [0.25, 0.3) is 0 Å². The Morgan fingerprint density at radius 2 is 1.68 bits per heavy atom. The fraction of sp³-hybridized carbons (Fsp3) is 0.278. The number of nitrogens with one attached hydrogen (secondary N) is 1. The Hall–Kier alpha value is -2.41. The first-order valence-electron chi connectivity index (χ1n) is 7.73. The molecule has 0 fully saturated rings. The molecule has 1 N–H and O–H groups in total. The molecule has 2 rings (SSSR count). The molecule has 0 aromatic heterocycles. The summed E-state index contributed by atoms with van der Waals surface area (Å²) >= 11 is 0. The number of para-hydroxylation sites is 1. The number of aryl methyl sites for hydroxylation is 2. The standard InChI is InChI=1S/C18H21FN2O3S/c1-12-7-5-8-13(2)17(12)20-18(22)14(3)21(25(4,23)24)16-10-6-9-15(19)11-16/h5-11,14H,1-4H3,(H,20,22)/t14-/m1/s1. The minimum Gasteiger partial charge on any atom is -0.324 e. The van der Waals surface area contributed by atoms with E-state index in [4.69, 9.17) is 0 Å². The normalized spacial score (nSPS) is 12.5. The van der Waals surface area contributed by atoms with Crippen molar-refractivity contribution in [3.05, 3.63) is 59.4 Å². The van der Waals surface area contributed by atoms with Crippen molar-refractivity contribution in [1.82, 2.24) is 0 Å². The van der Waals surface area contributed by atoms with Crippen LogP contribution in [0.4, 0.5) is 15.8 Å². The molecule has 0 bridgehead atoms. The van der Waals surface area contributed by atoms with Crippen molar-refractivity contribution < 1.29 is 17.6 Å².